The quantitative estimate of drug-likeness (QED) is 0.694. The predicted molar refractivity (Wildman–Crippen MR) is 62.7 cm³/mol. The molecule has 0 unspecified atom stereocenters. The van der Waals surface area contributed by atoms with Gasteiger partial charge in [-0.05, 0) is 26.2 Å². The number of carboxylic acids is 1. The van der Waals surface area contributed by atoms with Crippen LogP contribution in [-0.2, 0) is 14.3 Å². The van der Waals surface area contributed by atoms with Crippen LogP contribution in [0.25, 0.3) is 0 Å². The Kier molecular flexibility index (Phi) is 4.93. The third-order valence-corrected chi connectivity index (χ3v) is 3.36. The number of methoxy groups -OCH3 is 1. The molecule has 1 aliphatic rings. The predicted octanol–water partition coefficient (Wildman–Crippen LogP) is 1.13. The first-order valence-electron chi connectivity index (χ1n) is 6.06. The van der Waals surface area contributed by atoms with E-state index in [1.54, 1.807) is 12.0 Å². The molecule has 98 valence electrons. The van der Waals surface area contributed by atoms with Crippen molar-refractivity contribution in [1.29, 1.82) is 0 Å². The molecule has 1 saturated carbocycles. The van der Waals surface area contributed by atoms with E-state index in [0.717, 1.165) is 19.3 Å². The van der Waals surface area contributed by atoms with Gasteiger partial charge in [0, 0.05) is 26.8 Å². The van der Waals surface area contributed by atoms with Crippen molar-refractivity contribution in [2.24, 2.45) is 5.41 Å². The van der Waals surface area contributed by atoms with Crippen molar-refractivity contribution in [2.45, 2.75) is 32.6 Å². The maximum atomic E-state index is 12.3. The molecule has 1 rings (SSSR count). The van der Waals surface area contributed by atoms with Crippen molar-refractivity contribution in [1.82, 2.24) is 4.90 Å². The number of amides is 1. The molecule has 0 bridgehead atoms. The topological polar surface area (TPSA) is 66.8 Å². The summed E-state index contributed by atoms with van der Waals surface area (Å²) in [4.78, 5) is 24.4. The molecule has 5 heteroatoms. The van der Waals surface area contributed by atoms with Gasteiger partial charge in [-0.3, -0.25) is 9.59 Å². The number of carboxylic acid groups (broad SMARTS) is 1. The summed E-state index contributed by atoms with van der Waals surface area (Å²) in [7, 11) is 1.63. The summed E-state index contributed by atoms with van der Waals surface area (Å²) in [5.41, 5.74) is -0.259. The van der Waals surface area contributed by atoms with Gasteiger partial charge in [0.25, 0.3) is 0 Å². The highest BCUT2D eigenvalue weighted by Gasteiger charge is 2.50. The zero-order chi connectivity index (χ0) is 12.9. The maximum absolute atomic E-state index is 12.3. The first-order chi connectivity index (χ1) is 8.05. The van der Waals surface area contributed by atoms with Gasteiger partial charge in [0.05, 0.1) is 11.8 Å². The van der Waals surface area contributed by atoms with E-state index in [1.165, 1.54) is 0 Å². The van der Waals surface area contributed by atoms with Gasteiger partial charge in [-0.2, -0.15) is 0 Å². The fourth-order valence-electron chi connectivity index (χ4n) is 1.99. The molecule has 0 aromatic rings. The van der Waals surface area contributed by atoms with Crippen LogP contribution in [-0.4, -0.2) is 48.7 Å². The minimum atomic E-state index is -0.863. The van der Waals surface area contributed by atoms with E-state index in [9.17, 15) is 9.59 Å². The van der Waals surface area contributed by atoms with E-state index < -0.39 is 5.97 Å². The van der Waals surface area contributed by atoms with Crippen LogP contribution in [0.2, 0.25) is 0 Å². The standard InChI is InChI=1S/C12H21NO4/c1-3-13(8-4-10(14)15)11(16)12(5-6-12)7-9-17-2/h3-9H2,1-2H3,(H,14,15). The molecule has 1 aliphatic carbocycles. The molecule has 1 fully saturated rings. The highest BCUT2D eigenvalue weighted by Crippen LogP contribution is 2.50. The van der Waals surface area contributed by atoms with Crippen molar-refractivity contribution < 1.29 is 19.4 Å². The summed E-state index contributed by atoms with van der Waals surface area (Å²) in [6.45, 7) is 3.34. The Labute approximate surface area is 102 Å². The lowest BCUT2D eigenvalue weighted by Gasteiger charge is -2.25. The first kappa shape index (κ1) is 14.0. The van der Waals surface area contributed by atoms with Crippen LogP contribution in [0.1, 0.15) is 32.6 Å². The van der Waals surface area contributed by atoms with Gasteiger partial charge in [-0.1, -0.05) is 0 Å². The molecule has 0 heterocycles. The van der Waals surface area contributed by atoms with Crippen molar-refractivity contribution in [3.63, 3.8) is 0 Å². The van der Waals surface area contributed by atoms with Crippen LogP contribution in [0.5, 0.6) is 0 Å². The van der Waals surface area contributed by atoms with Crippen LogP contribution in [0, 0.1) is 5.41 Å². The Morgan fingerprint density at radius 1 is 1.41 bits per heavy atom. The molecular formula is C12H21NO4. The van der Waals surface area contributed by atoms with E-state index in [0.29, 0.717) is 19.7 Å². The van der Waals surface area contributed by atoms with E-state index in [4.69, 9.17) is 9.84 Å². The lowest BCUT2D eigenvalue weighted by molar-refractivity contribution is -0.140. The summed E-state index contributed by atoms with van der Waals surface area (Å²) < 4.78 is 5.01. The van der Waals surface area contributed by atoms with Crippen molar-refractivity contribution in [3.8, 4) is 0 Å². The number of ether oxygens (including phenoxy) is 1. The van der Waals surface area contributed by atoms with E-state index in [1.807, 2.05) is 6.92 Å². The van der Waals surface area contributed by atoms with Gasteiger partial charge in [0.2, 0.25) is 5.91 Å². The van der Waals surface area contributed by atoms with Gasteiger partial charge >= 0.3 is 5.97 Å². The Hall–Kier alpha value is -1.10. The molecule has 17 heavy (non-hydrogen) atoms. The van der Waals surface area contributed by atoms with E-state index >= 15 is 0 Å². The van der Waals surface area contributed by atoms with Crippen LogP contribution >= 0.6 is 0 Å². The molecule has 0 aromatic heterocycles. The van der Waals surface area contributed by atoms with Crippen molar-refractivity contribution >= 4 is 11.9 Å². The molecule has 0 aliphatic heterocycles. The molecule has 0 aromatic carbocycles. The molecule has 0 saturated heterocycles. The van der Waals surface area contributed by atoms with Gasteiger partial charge in [-0.15, -0.1) is 0 Å². The number of nitrogens with zero attached hydrogens (tertiary/aromatic N) is 1. The molecule has 1 amide bonds. The summed E-state index contributed by atoms with van der Waals surface area (Å²) in [5.74, 6) is -0.767. The van der Waals surface area contributed by atoms with Gasteiger partial charge < -0.3 is 14.7 Å². The zero-order valence-corrected chi connectivity index (χ0v) is 10.6. The minimum Gasteiger partial charge on any atom is -0.481 e. The third-order valence-electron chi connectivity index (χ3n) is 3.36. The maximum Gasteiger partial charge on any atom is 0.305 e. The summed E-state index contributed by atoms with van der Waals surface area (Å²) in [5, 5.41) is 8.64. The number of rotatable bonds is 8. The molecule has 1 N–H and O–H groups in total. The average molecular weight is 243 g/mol. The van der Waals surface area contributed by atoms with Gasteiger partial charge in [-0.25, -0.2) is 0 Å². The SMILES string of the molecule is CCN(CCC(=O)O)C(=O)C1(CCOC)CC1. The lowest BCUT2D eigenvalue weighted by atomic mass is 10.0. The summed E-state index contributed by atoms with van der Waals surface area (Å²) in [6, 6.07) is 0. The largest absolute Gasteiger partial charge is 0.481 e. The number of carbonyl (C=O) groups excluding carboxylic acids is 1. The summed E-state index contributed by atoms with van der Waals surface area (Å²) >= 11 is 0. The zero-order valence-electron chi connectivity index (χ0n) is 10.6. The highest BCUT2D eigenvalue weighted by atomic mass is 16.5. The minimum absolute atomic E-state index is 0.0138. The monoisotopic (exact) mass is 243 g/mol. The van der Waals surface area contributed by atoms with Crippen molar-refractivity contribution in [2.75, 3.05) is 26.8 Å². The number of hydrogen-bond acceptors (Lipinski definition) is 3. The molecule has 5 nitrogen and oxygen atoms in total. The molecule has 0 radical (unpaired) electrons. The van der Waals surface area contributed by atoms with Gasteiger partial charge in [0.15, 0.2) is 0 Å². The fourth-order valence-corrected chi connectivity index (χ4v) is 1.99. The van der Waals surface area contributed by atoms with Gasteiger partial charge in [0.1, 0.15) is 0 Å². The molecule has 0 spiro atoms. The van der Waals surface area contributed by atoms with Crippen LogP contribution in [0.3, 0.4) is 0 Å². The second-order valence-corrected chi connectivity index (χ2v) is 4.55. The van der Waals surface area contributed by atoms with E-state index in [2.05, 4.69) is 0 Å². The normalized spacial score (nSPS) is 16.6. The Morgan fingerprint density at radius 3 is 2.47 bits per heavy atom. The third kappa shape index (κ3) is 3.70. The summed E-state index contributed by atoms with van der Waals surface area (Å²) in [6.07, 6.45) is 2.56. The highest BCUT2D eigenvalue weighted by molar-refractivity contribution is 5.85. The molecule has 0 atom stereocenters. The van der Waals surface area contributed by atoms with Crippen LogP contribution in [0.15, 0.2) is 0 Å². The first-order valence-corrected chi connectivity index (χ1v) is 6.06. The fraction of sp³-hybridized carbons (Fsp3) is 0.833. The number of hydrogen-bond donors (Lipinski definition) is 1. The Balaban J connectivity index is 2.50. The lowest BCUT2D eigenvalue weighted by Crippen LogP contribution is -2.39. The second-order valence-electron chi connectivity index (χ2n) is 4.55. The number of aliphatic carboxylic acids is 1. The Bertz CT molecular complexity index is 286. The van der Waals surface area contributed by atoms with Crippen LogP contribution in [0.4, 0.5) is 0 Å². The second kappa shape index (κ2) is 6.00. The number of carbonyl (C=O) groups is 2. The smallest absolute Gasteiger partial charge is 0.305 e. The molecular weight excluding hydrogens is 222 g/mol. The Morgan fingerprint density at radius 2 is 2.06 bits per heavy atom. The van der Waals surface area contributed by atoms with Crippen molar-refractivity contribution in [3.05, 3.63) is 0 Å². The average Bonchev–Trinajstić information content (AvgIpc) is 3.07. The van der Waals surface area contributed by atoms with E-state index in [-0.39, 0.29) is 17.7 Å². The van der Waals surface area contributed by atoms with Crippen LogP contribution < -0.4 is 0 Å².